The topological polar surface area (TPSA) is 29.1 Å². The summed E-state index contributed by atoms with van der Waals surface area (Å²) in [5.41, 5.74) is -1.55. The molecule has 0 spiro atoms. The molecule has 2 rings (SSSR count). The molecule has 2 aromatic carbocycles. The van der Waals surface area contributed by atoms with E-state index >= 15 is 0 Å². The molecule has 0 unspecified atom stereocenters. The quantitative estimate of drug-likeness (QED) is 0.826. The first-order chi connectivity index (χ1) is 9.77. The summed E-state index contributed by atoms with van der Waals surface area (Å²) in [5, 5.41) is 2.13. The van der Waals surface area contributed by atoms with Crippen LogP contribution in [-0.4, -0.2) is 5.91 Å². The van der Waals surface area contributed by atoms with Gasteiger partial charge in [0.2, 0.25) is 0 Å². The van der Waals surface area contributed by atoms with Crippen molar-refractivity contribution in [2.75, 3.05) is 5.32 Å². The molecule has 0 aromatic heterocycles. The van der Waals surface area contributed by atoms with Crippen molar-refractivity contribution in [3.05, 3.63) is 65.2 Å². The number of nitrogens with one attached hydrogen (secondary N) is 1. The van der Waals surface area contributed by atoms with Crippen LogP contribution in [0.5, 0.6) is 0 Å². The second-order valence-electron chi connectivity index (χ2n) is 4.16. The van der Waals surface area contributed by atoms with Gasteiger partial charge in [0, 0.05) is 11.8 Å². The summed E-state index contributed by atoms with van der Waals surface area (Å²) in [6.45, 7) is 0. The molecule has 0 heterocycles. The molecule has 0 saturated heterocycles. The summed E-state index contributed by atoms with van der Waals surface area (Å²) in [7, 11) is 0. The fraction of sp³-hybridized carbons (Fsp3) is 0.0714. The van der Waals surface area contributed by atoms with Gasteiger partial charge < -0.3 is 5.32 Å². The normalized spacial score (nSPS) is 11.3. The van der Waals surface area contributed by atoms with Crippen LogP contribution in [0.3, 0.4) is 0 Å². The molecular formula is C14H8F5NO. The van der Waals surface area contributed by atoms with Gasteiger partial charge in [-0.3, -0.25) is 4.79 Å². The molecule has 2 aromatic rings. The van der Waals surface area contributed by atoms with Crippen molar-refractivity contribution >= 4 is 11.6 Å². The number of carbonyl (C=O) groups excluding carboxylic acids is 1. The number of hydrogen-bond acceptors (Lipinski definition) is 1. The number of benzene rings is 2. The van der Waals surface area contributed by atoms with Gasteiger partial charge in [-0.25, -0.2) is 8.78 Å². The van der Waals surface area contributed by atoms with Crippen molar-refractivity contribution < 1.29 is 26.7 Å². The van der Waals surface area contributed by atoms with Crippen LogP contribution in [-0.2, 0) is 6.18 Å². The van der Waals surface area contributed by atoms with E-state index in [9.17, 15) is 26.7 Å². The van der Waals surface area contributed by atoms with E-state index in [-0.39, 0.29) is 5.69 Å². The number of halogens is 5. The maximum absolute atomic E-state index is 13.4. The Morgan fingerprint density at radius 1 is 1.00 bits per heavy atom. The molecule has 0 radical (unpaired) electrons. The lowest BCUT2D eigenvalue weighted by molar-refractivity contribution is -0.137. The summed E-state index contributed by atoms with van der Waals surface area (Å²) in [6.07, 6.45) is -4.55. The van der Waals surface area contributed by atoms with Crippen molar-refractivity contribution in [2.24, 2.45) is 0 Å². The zero-order valence-corrected chi connectivity index (χ0v) is 10.3. The van der Waals surface area contributed by atoms with Crippen molar-refractivity contribution in [2.45, 2.75) is 6.18 Å². The minimum absolute atomic E-state index is 0.140. The molecule has 2 nitrogen and oxygen atoms in total. The van der Waals surface area contributed by atoms with Gasteiger partial charge in [0.1, 0.15) is 11.6 Å². The fourth-order valence-corrected chi connectivity index (χ4v) is 1.65. The highest BCUT2D eigenvalue weighted by Crippen LogP contribution is 2.30. The molecule has 21 heavy (non-hydrogen) atoms. The fourth-order valence-electron chi connectivity index (χ4n) is 1.65. The highest BCUT2D eigenvalue weighted by molar-refractivity contribution is 6.04. The zero-order chi connectivity index (χ0) is 15.6. The van der Waals surface area contributed by atoms with Crippen molar-refractivity contribution in [3.8, 4) is 0 Å². The van der Waals surface area contributed by atoms with Gasteiger partial charge in [0.05, 0.1) is 11.1 Å². The molecule has 0 fully saturated rings. The molecule has 0 aliphatic heterocycles. The third-order valence-corrected chi connectivity index (χ3v) is 2.62. The van der Waals surface area contributed by atoms with Gasteiger partial charge in [0.25, 0.3) is 5.91 Å². The van der Waals surface area contributed by atoms with Crippen molar-refractivity contribution in [3.63, 3.8) is 0 Å². The van der Waals surface area contributed by atoms with E-state index in [1.54, 1.807) is 0 Å². The second-order valence-corrected chi connectivity index (χ2v) is 4.16. The van der Waals surface area contributed by atoms with Crippen LogP contribution < -0.4 is 5.32 Å². The van der Waals surface area contributed by atoms with Crippen LogP contribution in [0, 0.1) is 11.6 Å². The van der Waals surface area contributed by atoms with E-state index in [2.05, 4.69) is 5.32 Å². The largest absolute Gasteiger partial charge is 0.416 e. The first kappa shape index (κ1) is 15.0. The average molecular weight is 301 g/mol. The van der Waals surface area contributed by atoms with E-state index in [1.165, 1.54) is 6.07 Å². The Hall–Kier alpha value is -2.44. The molecule has 0 bridgehead atoms. The predicted octanol–water partition coefficient (Wildman–Crippen LogP) is 4.24. The Balaban J connectivity index is 2.24. The summed E-state index contributed by atoms with van der Waals surface area (Å²) < 4.78 is 63.7. The summed E-state index contributed by atoms with van der Waals surface area (Å²) >= 11 is 0. The lowest BCUT2D eigenvalue weighted by Gasteiger charge is -2.10. The number of anilines is 1. The summed E-state index contributed by atoms with van der Waals surface area (Å²) in [4.78, 5) is 11.8. The van der Waals surface area contributed by atoms with E-state index in [0.717, 1.165) is 30.3 Å². The third kappa shape index (κ3) is 3.56. The van der Waals surface area contributed by atoms with E-state index < -0.39 is 34.8 Å². The monoisotopic (exact) mass is 301 g/mol. The maximum Gasteiger partial charge on any atom is 0.416 e. The molecule has 0 aliphatic rings. The van der Waals surface area contributed by atoms with Crippen LogP contribution in [0.2, 0.25) is 0 Å². The standard InChI is InChI=1S/C14H8F5NO/c15-9-4-5-11(12(16)7-9)13(21)20-10-3-1-2-8(6-10)14(17,18)19/h1-7H,(H,20,21). The lowest BCUT2D eigenvalue weighted by atomic mass is 10.1. The smallest absolute Gasteiger partial charge is 0.322 e. The van der Waals surface area contributed by atoms with Crippen LogP contribution in [0.4, 0.5) is 27.6 Å². The van der Waals surface area contributed by atoms with E-state index in [4.69, 9.17) is 0 Å². The molecule has 1 amide bonds. The van der Waals surface area contributed by atoms with Gasteiger partial charge in [-0.1, -0.05) is 6.07 Å². The molecule has 0 aliphatic carbocycles. The van der Waals surface area contributed by atoms with Gasteiger partial charge in [-0.2, -0.15) is 13.2 Å². The van der Waals surface area contributed by atoms with Gasteiger partial charge in [0.15, 0.2) is 0 Å². The number of carbonyl (C=O) groups is 1. The van der Waals surface area contributed by atoms with Gasteiger partial charge in [-0.05, 0) is 30.3 Å². The maximum atomic E-state index is 13.4. The minimum atomic E-state index is -4.55. The van der Waals surface area contributed by atoms with Crippen LogP contribution in [0.15, 0.2) is 42.5 Å². The first-order valence-electron chi connectivity index (χ1n) is 5.71. The first-order valence-corrected chi connectivity index (χ1v) is 5.71. The average Bonchev–Trinajstić information content (AvgIpc) is 2.37. The Morgan fingerprint density at radius 3 is 2.33 bits per heavy atom. The zero-order valence-electron chi connectivity index (χ0n) is 10.3. The third-order valence-electron chi connectivity index (χ3n) is 2.62. The van der Waals surface area contributed by atoms with E-state index in [0.29, 0.717) is 6.07 Å². The van der Waals surface area contributed by atoms with Crippen LogP contribution in [0.1, 0.15) is 15.9 Å². The van der Waals surface area contributed by atoms with Crippen LogP contribution >= 0.6 is 0 Å². The Labute approximate surface area is 116 Å². The number of rotatable bonds is 2. The molecule has 7 heteroatoms. The molecule has 0 atom stereocenters. The summed E-state index contributed by atoms with van der Waals surface area (Å²) in [6, 6.07) is 6.21. The predicted molar refractivity (Wildman–Crippen MR) is 65.8 cm³/mol. The highest BCUT2D eigenvalue weighted by atomic mass is 19.4. The molecule has 110 valence electrons. The lowest BCUT2D eigenvalue weighted by Crippen LogP contribution is -2.14. The number of alkyl halides is 3. The SMILES string of the molecule is O=C(Nc1cccc(C(F)(F)F)c1)c1ccc(F)cc1F. The Bertz CT molecular complexity index is 681. The minimum Gasteiger partial charge on any atom is -0.322 e. The van der Waals surface area contributed by atoms with Crippen molar-refractivity contribution in [1.29, 1.82) is 0 Å². The Kier molecular flexibility index (Phi) is 3.93. The highest BCUT2D eigenvalue weighted by Gasteiger charge is 2.30. The Morgan fingerprint density at radius 2 is 1.71 bits per heavy atom. The van der Waals surface area contributed by atoms with Gasteiger partial charge in [-0.15, -0.1) is 0 Å². The number of amides is 1. The van der Waals surface area contributed by atoms with Gasteiger partial charge >= 0.3 is 6.18 Å². The molecule has 0 saturated carbocycles. The molecular weight excluding hydrogens is 293 g/mol. The number of hydrogen-bond donors (Lipinski definition) is 1. The van der Waals surface area contributed by atoms with Crippen molar-refractivity contribution in [1.82, 2.24) is 0 Å². The summed E-state index contributed by atoms with van der Waals surface area (Å²) in [5.74, 6) is -2.92. The van der Waals surface area contributed by atoms with E-state index in [1.807, 2.05) is 0 Å². The molecule has 1 N–H and O–H groups in total. The van der Waals surface area contributed by atoms with Crippen LogP contribution in [0.25, 0.3) is 0 Å². The second kappa shape index (κ2) is 5.51.